The Morgan fingerprint density at radius 2 is 1.81 bits per heavy atom. The first kappa shape index (κ1) is 12.3. The minimum absolute atomic E-state index is 0.387. The summed E-state index contributed by atoms with van der Waals surface area (Å²) in [4.78, 5) is 18.5. The molecule has 16 heavy (non-hydrogen) atoms. The van der Waals surface area contributed by atoms with Gasteiger partial charge in [-0.25, -0.2) is 4.79 Å². The fourth-order valence-electron chi connectivity index (χ4n) is 0.896. The highest BCUT2D eigenvalue weighted by Gasteiger charge is 2.33. The molecule has 0 heterocycles. The van der Waals surface area contributed by atoms with E-state index in [1.54, 1.807) is 18.2 Å². The molecule has 0 spiro atoms. The number of carbonyl (C=O) groups excluding carboxylic acids is 1. The molecule has 0 radical (unpaired) electrons. The molecule has 0 saturated carbocycles. The van der Waals surface area contributed by atoms with Gasteiger partial charge in [0.15, 0.2) is 0 Å². The Kier molecular flexibility index (Phi) is 3.73. The summed E-state index contributed by atoms with van der Waals surface area (Å²) >= 11 is 0. The van der Waals surface area contributed by atoms with Gasteiger partial charge in [0.1, 0.15) is 0 Å². The standard InChI is InChI=1S/C9H8F3NO3/c1-13(7-5-3-2-4-6-7)8(14)15-16-9(10,11)12/h2-6H,1H3. The number of hydrogen-bond acceptors (Lipinski definition) is 3. The smallest absolute Gasteiger partial charge is 0.279 e. The van der Waals surface area contributed by atoms with Crippen molar-refractivity contribution in [3.63, 3.8) is 0 Å². The highest BCUT2D eigenvalue weighted by atomic mass is 19.4. The third-order valence-corrected chi connectivity index (χ3v) is 1.62. The number of para-hydroxylation sites is 1. The molecule has 0 saturated heterocycles. The summed E-state index contributed by atoms with van der Waals surface area (Å²) < 4.78 is 34.7. The van der Waals surface area contributed by atoms with E-state index in [9.17, 15) is 18.0 Å². The lowest BCUT2D eigenvalue weighted by atomic mass is 10.3. The minimum Gasteiger partial charge on any atom is -0.279 e. The van der Waals surface area contributed by atoms with E-state index in [0.29, 0.717) is 5.69 Å². The fourth-order valence-corrected chi connectivity index (χ4v) is 0.896. The number of alkyl halides is 3. The van der Waals surface area contributed by atoms with Gasteiger partial charge >= 0.3 is 12.5 Å². The summed E-state index contributed by atoms with van der Waals surface area (Å²) in [7, 11) is 1.26. The normalized spacial score (nSPS) is 11.0. The minimum atomic E-state index is -5.01. The monoisotopic (exact) mass is 235 g/mol. The molecule has 0 atom stereocenters. The Morgan fingerprint density at radius 3 is 2.31 bits per heavy atom. The van der Waals surface area contributed by atoms with Crippen LogP contribution in [0.1, 0.15) is 0 Å². The molecule has 1 aromatic carbocycles. The first-order valence-corrected chi connectivity index (χ1v) is 4.15. The van der Waals surface area contributed by atoms with Crippen LogP contribution in [0.15, 0.2) is 30.3 Å². The first-order valence-electron chi connectivity index (χ1n) is 4.15. The Labute approximate surface area is 89.1 Å². The quantitative estimate of drug-likeness (QED) is 0.584. The van der Waals surface area contributed by atoms with Gasteiger partial charge in [0.05, 0.1) is 0 Å². The van der Waals surface area contributed by atoms with Crippen LogP contribution in [0.3, 0.4) is 0 Å². The zero-order valence-corrected chi connectivity index (χ0v) is 8.19. The van der Waals surface area contributed by atoms with Gasteiger partial charge in [-0.3, -0.25) is 9.79 Å². The van der Waals surface area contributed by atoms with E-state index in [4.69, 9.17) is 0 Å². The molecule has 0 N–H and O–H groups in total. The molecule has 7 heteroatoms. The Bertz CT molecular complexity index is 353. The van der Waals surface area contributed by atoms with E-state index >= 15 is 0 Å². The number of carbonyl (C=O) groups is 1. The third kappa shape index (κ3) is 3.77. The van der Waals surface area contributed by atoms with Crippen molar-refractivity contribution in [3.8, 4) is 0 Å². The largest absolute Gasteiger partial charge is 0.558 e. The predicted octanol–water partition coefficient (Wildman–Crippen LogP) is 2.71. The Morgan fingerprint density at radius 1 is 1.25 bits per heavy atom. The maximum atomic E-state index is 11.6. The van der Waals surface area contributed by atoms with Gasteiger partial charge in [0.2, 0.25) is 0 Å². The van der Waals surface area contributed by atoms with Crippen LogP contribution in [0.2, 0.25) is 0 Å². The van der Waals surface area contributed by atoms with Crippen molar-refractivity contribution >= 4 is 11.8 Å². The van der Waals surface area contributed by atoms with E-state index in [-0.39, 0.29) is 0 Å². The lowest BCUT2D eigenvalue weighted by molar-refractivity contribution is -0.457. The fraction of sp³-hybridized carbons (Fsp3) is 0.222. The highest BCUT2D eigenvalue weighted by molar-refractivity contribution is 5.86. The summed E-state index contributed by atoms with van der Waals surface area (Å²) in [6.45, 7) is 0. The van der Waals surface area contributed by atoms with Crippen molar-refractivity contribution in [1.82, 2.24) is 0 Å². The summed E-state index contributed by atoms with van der Waals surface area (Å²) in [5.41, 5.74) is 0.387. The number of hydrogen-bond donors (Lipinski definition) is 0. The van der Waals surface area contributed by atoms with E-state index in [0.717, 1.165) is 4.90 Å². The average Bonchev–Trinajstić information content (AvgIpc) is 2.25. The van der Waals surface area contributed by atoms with Crippen molar-refractivity contribution in [2.24, 2.45) is 0 Å². The summed E-state index contributed by atoms with van der Waals surface area (Å²) in [6.07, 6.45) is -6.27. The zero-order chi connectivity index (χ0) is 12.2. The van der Waals surface area contributed by atoms with Crippen molar-refractivity contribution < 1.29 is 27.7 Å². The van der Waals surface area contributed by atoms with E-state index in [1.165, 1.54) is 19.2 Å². The first-order chi connectivity index (χ1) is 7.40. The topological polar surface area (TPSA) is 38.8 Å². The summed E-state index contributed by atoms with van der Waals surface area (Å²) in [5, 5.41) is 0. The zero-order valence-electron chi connectivity index (χ0n) is 8.19. The van der Waals surface area contributed by atoms with Gasteiger partial charge in [-0.1, -0.05) is 23.1 Å². The average molecular weight is 235 g/mol. The van der Waals surface area contributed by atoms with Crippen LogP contribution in [-0.2, 0) is 9.78 Å². The molecule has 1 rings (SSSR count). The molecule has 0 aromatic heterocycles. The number of rotatable bonds is 2. The van der Waals surface area contributed by atoms with Gasteiger partial charge in [-0.05, 0) is 12.1 Å². The molecular weight excluding hydrogens is 227 g/mol. The molecule has 0 unspecified atom stereocenters. The van der Waals surface area contributed by atoms with Crippen LogP contribution in [0.5, 0.6) is 0 Å². The number of benzene rings is 1. The van der Waals surface area contributed by atoms with Crippen LogP contribution >= 0.6 is 0 Å². The van der Waals surface area contributed by atoms with Gasteiger partial charge in [-0.2, -0.15) is 0 Å². The maximum Gasteiger partial charge on any atom is 0.558 e. The third-order valence-electron chi connectivity index (χ3n) is 1.62. The second kappa shape index (κ2) is 4.84. The van der Waals surface area contributed by atoms with Crippen molar-refractivity contribution in [3.05, 3.63) is 30.3 Å². The van der Waals surface area contributed by atoms with Crippen LogP contribution < -0.4 is 4.90 Å². The van der Waals surface area contributed by atoms with E-state index < -0.39 is 12.5 Å². The Balaban J connectivity index is 2.55. The molecule has 0 aliphatic rings. The Hall–Kier alpha value is -1.76. The summed E-state index contributed by atoms with van der Waals surface area (Å²) in [5.74, 6) is 0. The molecule has 0 aliphatic carbocycles. The molecule has 88 valence electrons. The molecule has 1 amide bonds. The molecule has 1 aromatic rings. The number of amides is 1. The lowest BCUT2D eigenvalue weighted by Gasteiger charge is -2.15. The van der Waals surface area contributed by atoms with E-state index in [1.807, 2.05) is 0 Å². The van der Waals surface area contributed by atoms with Gasteiger partial charge in [-0.15, -0.1) is 13.2 Å². The van der Waals surface area contributed by atoms with Gasteiger partial charge in [0, 0.05) is 12.7 Å². The lowest BCUT2D eigenvalue weighted by Crippen LogP contribution is -2.29. The van der Waals surface area contributed by atoms with Gasteiger partial charge < -0.3 is 0 Å². The summed E-state index contributed by atoms with van der Waals surface area (Å²) in [6, 6.07) is 8.03. The molecule has 4 nitrogen and oxygen atoms in total. The molecular formula is C9H8F3NO3. The van der Waals surface area contributed by atoms with Crippen molar-refractivity contribution in [2.75, 3.05) is 11.9 Å². The van der Waals surface area contributed by atoms with Crippen LogP contribution in [0.4, 0.5) is 23.7 Å². The second-order valence-corrected chi connectivity index (χ2v) is 2.77. The SMILES string of the molecule is CN(C(=O)OOC(F)(F)F)c1ccccc1. The van der Waals surface area contributed by atoms with Gasteiger partial charge in [0.25, 0.3) is 0 Å². The highest BCUT2D eigenvalue weighted by Crippen LogP contribution is 2.18. The van der Waals surface area contributed by atoms with Crippen LogP contribution in [0.25, 0.3) is 0 Å². The van der Waals surface area contributed by atoms with E-state index in [2.05, 4.69) is 9.78 Å². The van der Waals surface area contributed by atoms with Crippen LogP contribution in [0, 0.1) is 0 Å². The van der Waals surface area contributed by atoms with Crippen molar-refractivity contribution in [1.29, 1.82) is 0 Å². The number of nitrogens with zero attached hydrogens (tertiary/aromatic N) is 1. The maximum absolute atomic E-state index is 11.6. The van der Waals surface area contributed by atoms with Crippen LogP contribution in [-0.4, -0.2) is 19.5 Å². The molecule has 0 fully saturated rings. The number of anilines is 1. The molecule has 0 aliphatic heterocycles. The van der Waals surface area contributed by atoms with Crippen molar-refractivity contribution in [2.45, 2.75) is 6.36 Å². The molecule has 0 bridgehead atoms. The predicted molar refractivity (Wildman–Crippen MR) is 48.5 cm³/mol. The second-order valence-electron chi connectivity index (χ2n) is 2.77. The number of halogens is 3.